The molecule has 0 aliphatic heterocycles. The molecule has 0 saturated heterocycles. The molecule has 2 atom stereocenters. The molecular formula is C10H23NO2S. The van der Waals surface area contributed by atoms with Gasteiger partial charge in [-0.1, -0.05) is 6.92 Å². The van der Waals surface area contributed by atoms with Gasteiger partial charge in [-0.05, 0) is 20.1 Å². The smallest absolute Gasteiger partial charge is 0.0897 e. The summed E-state index contributed by atoms with van der Waals surface area (Å²) in [6, 6.07) is 0. The maximum Gasteiger partial charge on any atom is 0.0897 e. The third-order valence-corrected chi connectivity index (χ3v) is 2.81. The molecule has 3 nitrogen and oxygen atoms in total. The number of ether oxygens (including phenoxy) is 1. The van der Waals surface area contributed by atoms with Gasteiger partial charge in [-0.15, -0.1) is 0 Å². The van der Waals surface area contributed by atoms with Crippen LogP contribution in [0.2, 0.25) is 0 Å². The Balaban J connectivity index is 3.30. The molecular weight excluding hydrogens is 198 g/mol. The Morgan fingerprint density at radius 1 is 1.29 bits per heavy atom. The SMILES string of the molecule is CSC(C)CNCC(O)COC(C)C. The molecule has 0 fully saturated rings. The minimum atomic E-state index is -0.397. The van der Waals surface area contributed by atoms with E-state index in [4.69, 9.17) is 4.74 Å². The summed E-state index contributed by atoms with van der Waals surface area (Å²) in [5.74, 6) is 0. The summed E-state index contributed by atoms with van der Waals surface area (Å²) in [7, 11) is 0. The summed E-state index contributed by atoms with van der Waals surface area (Å²) in [5, 5.41) is 13.3. The Morgan fingerprint density at radius 3 is 2.43 bits per heavy atom. The van der Waals surface area contributed by atoms with Crippen LogP contribution in [0.5, 0.6) is 0 Å². The Hall–Kier alpha value is 0.230. The number of hydrogen-bond donors (Lipinski definition) is 2. The number of aliphatic hydroxyl groups excluding tert-OH is 1. The predicted octanol–water partition coefficient (Wildman–Crippen LogP) is 1.11. The van der Waals surface area contributed by atoms with Gasteiger partial charge < -0.3 is 15.2 Å². The fourth-order valence-electron chi connectivity index (χ4n) is 0.899. The highest BCUT2D eigenvalue weighted by molar-refractivity contribution is 7.99. The van der Waals surface area contributed by atoms with Crippen molar-refractivity contribution in [3.05, 3.63) is 0 Å². The topological polar surface area (TPSA) is 41.5 Å². The highest BCUT2D eigenvalue weighted by Crippen LogP contribution is 2.02. The van der Waals surface area contributed by atoms with E-state index in [0.29, 0.717) is 18.4 Å². The molecule has 0 heterocycles. The van der Waals surface area contributed by atoms with Crippen LogP contribution in [0.4, 0.5) is 0 Å². The summed E-state index contributed by atoms with van der Waals surface area (Å²) < 4.78 is 5.29. The summed E-state index contributed by atoms with van der Waals surface area (Å²) in [6.07, 6.45) is 1.88. The van der Waals surface area contributed by atoms with Crippen LogP contribution in [-0.2, 0) is 4.74 Å². The van der Waals surface area contributed by atoms with E-state index < -0.39 is 6.10 Å². The van der Waals surface area contributed by atoms with Crippen molar-refractivity contribution >= 4 is 11.8 Å². The molecule has 0 bridgehead atoms. The molecule has 0 amide bonds. The molecule has 86 valence electrons. The van der Waals surface area contributed by atoms with E-state index in [-0.39, 0.29) is 6.10 Å². The highest BCUT2D eigenvalue weighted by atomic mass is 32.2. The van der Waals surface area contributed by atoms with Crippen LogP contribution in [-0.4, -0.2) is 48.5 Å². The lowest BCUT2D eigenvalue weighted by molar-refractivity contribution is 0.00653. The third kappa shape index (κ3) is 8.81. The molecule has 0 aromatic heterocycles. The van der Waals surface area contributed by atoms with Gasteiger partial charge in [-0.3, -0.25) is 0 Å². The van der Waals surface area contributed by atoms with Crippen LogP contribution in [0, 0.1) is 0 Å². The zero-order valence-electron chi connectivity index (χ0n) is 9.62. The van der Waals surface area contributed by atoms with E-state index in [0.717, 1.165) is 6.54 Å². The van der Waals surface area contributed by atoms with Gasteiger partial charge in [0.15, 0.2) is 0 Å². The summed E-state index contributed by atoms with van der Waals surface area (Å²) in [4.78, 5) is 0. The number of hydrogen-bond acceptors (Lipinski definition) is 4. The minimum absolute atomic E-state index is 0.190. The molecule has 0 aromatic carbocycles. The van der Waals surface area contributed by atoms with Gasteiger partial charge in [-0.2, -0.15) is 11.8 Å². The van der Waals surface area contributed by atoms with Gasteiger partial charge in [-0.25, -0.2) is 0 Å². The first-order chi connectivity index (χ1) is 6.56. The quantitative estimate of drug-likeness (QED) is 0.644. The van der Waals surface area contributed by atoms with Gasteiger partial charge in [0, 0.05) is 18.3 Å². The molecule has 4 heteroatoms. The van der Waals surface area contributed by atoms with Gasteiger partial charge in [0.1, 0.15) is 0 Å². The second kappa shape index (κ2) is 8.53. The maximum absolute atomic E-state index is 9.49. The van der Waals surface area contributed by atoms with E-state index in [2.05, 4.69) is 18.5 Å². The molecule has 0 rings (SSSR count). The van der Waals surface area contributed by atoms with Gasteiger partial charge in [0.2, 0.25) is 0 Å². The first-order valence-corrected chi connectivity index (χ1v) is 6.38. The second-order valence-corrected chi connectivity index (χ2v) is 5.02. The van der Waals surface area contributed by atoms with Crippen LogP contribution >= 0.6 is 11.8 Å². The summed E-state index contributed by atoms with van der Waals surface area (Å²) in [6.45, 7) is 8.05. The second-order valence-electron chi connectivity index (χ2n) is 3.74. The van der Waals surface area contributed by atoms with Crippen molar-refractivity contribution < 1.29 is 9.84 Å². The largest absolute Gasteiger partial charge is 0.389 e. The van der Waals surface area contributed by atoms with Crippen LogP contribution in [0.15, 0.2) is 0 Å². The lowest BCUT2D eigenvalue weighted by Crippen LogP contribution is -2.34. The van der Waals surface area contributed by atoms with E-state index in [1.807, 2.05) is 25.6 Å². The predicted molar refractivity (Wildman–Crippen MR) is 62.9 cm³/mol. The van der Waals surface area contributed by atoms with Crippen molar-refractivity contribution in [3.8, 4) is 0 Å². The third-order valence-electron chi connectivity index (χ3n) is 1.84. The first-order valence-electron chi connectivity index (χ1n) is 5.09. The molecule has 0 aliphatic rings. The van der Waals surface area contributed by atoms with Gasteiger partial charge in [0.05, 0.1) is 18.8 Å². The van der Waals surface area contributed by atoms with Crippen molar-refractivity contribution in [2.24, 2.45) is 0 Å². The van der Waals surface area contributed by atoms with Crippen molar-refractivity contribution in [2.45, 2.75) is 38.2 Å². The minimum Gasteiger partial charge on any atom is -0.389 e. The Bertz CT molecular complexity index is 133. The first kappa shape index (κ1) is 14.2. The van der Waals surface area contributed by atoms with Crippen LogP contribution in [0.1, 0.15) is 20.8 Å². The molecule has 0 radical (unpaired) electrons. The van der Waals surface area contributed by atoms with E-state index in [1.165, 1.54) is 0 Å². The lowest BCUT2D eigenvalue weighted by atomic mass is 10.3. The van der Waals surface area contributed by atoms with E-state index in [9.17, 15) is 5.11 Å². The summed E-state index contributed by atoms with van der Waals surface area (Å²) >= 11 is 1.82. The summed E-state index contributed by atoms with van der Waals surface area (Å²) in [5.41, 5.74) is 0. The lowest BCUT2D eigenvalue weighted by Gasteiger charge is -2.15. The zero-order valence-corrected chi connectivity index (χ0v) is 10.4. The number of nitrogens with one attached hydrogen (secondary N) is 1. The van der Waals surface area contributed by atoms with Crippen LogP contribution in [0.3, 0.4) is 0 Å². The molecule has 0 aliphatic carbocycles. The Kier molecular flexibility index (Phi) is 8.67. The molecule has 0 aromatic rings. The van der Waals surface area contributed by atoms with Crippen molar-refractivity contribution in [2.75, 3.05) is 26.0 Å². The van der Waals surface area contributed by atoms with Gasteiger partial charge >= 0.3 is 0 Å². The Labute approximate surface area is 91.6 Å². The molecule has 0 spiro atoms. The fraction of sp³-hybridized carbons (Fsp3) is 1.00. The standard InChI is InChI=1S/C10H23NO2S/c1-8(2)13-7-10(12)6-11-5-9(3)14-4/h8-12H,5-7H2,1-4H3. The molecule has 14 heavy (non-hydrogen) atoms. The van der Waals surface area contributed by atoms with Crippen LogP contribution in [0.25, 0.3) is 0 Å². The van der Waals surface area contributed by atoms with Crippen LogP contribution < -0.4 is 5.32 Å². The average Bonchev–Trinajstić information content (AvgIpc) is 2.14. The zero-order chi connectivity index (χ0) is 11.0. The molecule has 0 saturated carbocycles. The Morgan fingerprint density at radius 2 is 1.93 bits per heavy atom. The fourth-order valence-corrected chi connectivity index (χ4v) is 1.18. The number of rotatable bonds is 8. The highest BCUT2D eigenvalue weighted by Gasteiger charge is 2.06. The monoisotopic (exact) mass is 221 g/mol. The number of thioether (sulfide) groups is 1. The average molecular weight is 221 g/mol. The maximum atomic E-state index is 9.49. The van der Waals surface area contributed by atoms with E-state index >= 15 is 0 Å². The molecule has 2 N–H and O–H groups in total. The normalized spacial score (nSPS) is 15.9. The van der Waals surface area contributed by atoms with Crippen molar-refractivity contribution in [1.29, 1.82) is 0 Å². The van der Waals surface area contributed by atoms with Gasteiger partial charge in [0.25, 0.3) is 0 Å². The number of aliphatic hydroxyl groups is 1. The van der Waals surface area contributed by atoms with Crippen molar-refractivity contribution in [3.63, 3.8) is 0 Å². The molecule has 2 unspecified atom stereocenters. The van der Waals surface area contributed by atoms with E-state index in [1.54, 1.807) is 0 Å². The van der Waals surface area contributed by atoms with Crippen molar-refractivity contribution in [1.82, 2.24) is 5.32 Å².